The lowest BCUT2D eigenvalue weighted by Crippen LogP contribution is -2.54. The van der Waals surface area contributed by atoms with Gasteiger partial charge in [0.05, 0.1) is 5.54 Å². The number of carbonyl (C=O) groups is 1. The van der Waals surface area contributed by atoms with Crippen molar-refractivity contribution in [3.63, 3.8) is 0 Å². The first kappa shape index (κ1) is 15.7. The number of hydrogen-bond donors (Lipinski definition) is 0. The molecule has 2 nitrogen and oxygen atoms in total. The highest BCUT2D eigenvalue weighted by atomic mass is 16.1. The number of rotatable bonds is 6. The van der Waals surface area contributed by atoms with Crippen LogP contribution in [0, 0.1) is 11.8 Å². The van der Waals surface area contributed by atoms with Crippen molar-refractivity contribution < 1.29 is 4.79 Å². The van der Waals surface area contributed by atoms with Gasteiger partial charge in [-0.05, 0) is 38.8 Å². The molecule has 106 valence electrons. The van der Waals surface area contributed by atoms with Crippen LogP contribution in [0.2, 0.25) is 0 Å². The van der Waals surface area contributed by atoms with Crippen LogP contribution in [0.25, 0.3) is 0 Å². The molecule has 0 aromatic carbocycles. The fourth-order valence-corrected chi connectivity index (χ4v) is 3.53. The number of ketones is 1. The monoisotopic (exact) mass is 253 g/mol. The number of carbonyl (C=O) groups excluding carboxylic acids is 1. The number of likely N-dealkylation sites (N-methyl/N-ethyl adjacent to an activating group) is 1. The molecule has 0 bridgehead atoms. The highest BCUT2D eigenvalue weighted by molar-refractivity contribution is 5.88. The van der Waals surface area contributed by atoms with Crippen LogP contribution in [0.4, 0.5) is 0 Å². The third kappa shape index (κ3) is 3.57. The molecule has 0 saturated heterocycles. The summed E-state index contributed by atoms with van der Waals surface area (Å²) < 4.78 is 0. The molecule has 0 amide bonds. The lowest BCUT2D eigenvalue weighted by Gasteiger charge is -2.44. The van der Waals surface area contributed by atoms with Crippen molar-refractivity contribution in [2.45, 2.75) is 71.3 Å². The SMILES string of the molecule is CCCC(C)CC(=O)C1(N(C)C)CCCC(C)C1. The summed E-state index contributed by atoms with van der Waals surface area (Å²) in [5.41, 5.74) is -0.167. The molecule has 0 heterocycles. The average Bonchev–Trinajstić information content (AvgIpc) is 2.28. The zero-order chi connectivity index (χ0) is 13.8. The third-order valence-electron chi connectivity index (χ3n) is 4.66. The maximum absolute atomic E-state index is 12.8. The van der Waals surface area contributed by atoms with Crippen LogP contribution < -0.4 is 0 Å². The molecular weight excluding hydrogens is 222 g/mol. The van der Waals surface area contributed by atoms with Crippen LogP contribution in [-0.4, -0.2) is 30.3 Å². The highest BCUT2D eigenvalue weighted by Crippen LogP contribution is 2.37. The average molecular weight is 253 g/mol. The molecule has 2 heteroatoms. The normalized spacial score (nSPS) is 30.4. The zero-order valence-electron chi connectivity index (χ0n) is 13.0. The predicted molar refractivity (Wildman–Crippen MR) is 77.7 cm³/mol. The van der Waals surface area contributed by atoms with Crippen molar-refractivity contribution in [3.8, 4) is 0 Å². The molecule has 1 aliphatic carbocycles. The van der Waals surface area contributed by atoms with Gasteiger partial charge in [-0.2, -0.15) is 0 Å². The van der Waals surface area contributed by atoms with E-state index in [2.05, 4.69) is 39.8 Å². The predicted octanol–water partition coefficient (Wildman–Crippen LogP) is 3.89. The van der Waals surface area contributed by atoms with Gasteiger partial charge in [0.1, 0.15) is 0 Å². The van der Waals surface area contributed by atoms with E-state index in [-0.39, 0.29) is 5.54 Å². The van der Waals surface area contributed by atoms with E-state index in [1.54, 1.807) is 0 Å². The Kier molecular flexibility index (Phi) is 5.84. The van der Waals surface area contributed by atoms with E-state index in [0.29, 0.717) is 17.6 Å². The quantitative estimate of drug-likeness (QED) is 0.715. The van der Waals surface area contributed by atoms with Gasteiger partial charge in [-0.15, -0.1) is 0 Å². The molecule has 3 unspecified atom stereocenters. The minimum atomic E-state index is -0.167. The Morgan fingerprint density at radius 1 is 1.44 bits per heavy atom. The first-order chi connectivity index (χ1) is 8.42. The fraction of sp³-hybridized carbons (Fsp3) is 0.938. The van der Waals surface area contributed by atoms with Crippen LogP contribution >= 0.6 is 0 Å². The minimum Gasteiger partial charge on any atom is -0.298 e. The molecule has 1 aliphatic rings. The molecule has 0 radical (unpaired) electrons. The second-order valence-corrected chi connectivity index (χ2v) is 6.65. The van der Waals surface area contributed by atoms with E-state index in [1.165, 1.54) is 25.7 Å². The van der Waals surface area contributed by atoms with Gasteiger partial charge in [-0.3, -0.25) is 9.69 Å². The Morgan fingerprint density at radius 2 is 2.11 bits per heavy atom. The maximum atomic E-state index is 12.8. The zero-order valence-corrected chi connectivity index (χ0v) is 13.0. The Hall–Kier alpha value is -0.370. The molecule has 3 atom stereocenters. The van der Waals surface area contributed by atoms with Gasteiger partial charge in [0, 0.05) is 6.42 Å². The lowest BCUT2D eigenvalue weighted by atomic mass is 9.71. The maximum Gasteiger partial charge on any atom is 0.153 e. The number of Topliss-reactive ketones (excluding diaryl/α,β-unsaturated/α-hetero) is 1. The third-order valence-corrected chi connectivity index (χ3v) is 4.66. The Bertz CT molecular complexity index is 274. The van der Waals surface area contributed by atoms with Crippen LogP contribution in [0.1, 0.15) is 65.7 Å². The smallest absolute Gasteiger partial charge is 0.153 e. The van der Waals surface area contributed by atoms with Crippen molar-refractivity contribution in [1.82, 2.24) is 4.90 Å². The Labute approximate surface area is 113 Å². The Morgan fingerprint density at radius 3 is 2.61 bits per heavy atom. The molecule has 0 aromatic heterocycles. The topological polar surface area (TPSA) is 20.3 Å². The van der Waals surface area contributed by atoms with Crippen LogP contribution in [0.15, 0.2) is 0 Å². The number of nitrogens with zero attached hydrogens (tertiary/aromatic N) is 1. The van der Waals surface area contributed by atoms with Gasteiger partial charge in [-0.1, -0.05) is 46.5 Å². The van der Waals surface area contributed by atoms with Crippen molar-refractivity contribution in [2.24, 2.45) is 11.8 Å². The lowest BCUT2D eigenvalue weighted by molar-refractivity contribution is -0.133. The van der Waals surface area contributed by atoms with E-state index < -0.39 is 0 Å². The van der Waals surface area contributed by atoms with Crippen LogP contribution in [0.5, 0.6) is 0 Å². The van der Waals surface area contributed by atoms with E-state index in [1.807, 2.05) is 0 Å². The van der Waals surface area contributed by atoms with Gasteiger partial charge >= 0.3 is 0 Å². The molecule has 0 aromatic rings. The van der Waals surface area contributed by atoms with E-state index >= 15 is 0 Å². The molecule has 0 spiro atoms. The van der Waals surface area contributed by atoms with E-state index in [0.717, 1.165) is 19.3 Å². The van der Waals surface area contributed by atoms with Crippen molar-refractivity contribution in [3.05, 3.63) is 0 Å². The summed E-state index contributed by atoms with van der Waals surface area (Å²) in [7, 11) is 4.17. The van der Waals surface area contributed by atoms with Crippen LogP contribution in [0.3, 0.4) is 0 Å². The number of hydrogen-bond acceptors (Lipinski definition) is 2. The first-order valence-electron chi connectivity index (χ1n) is 7.63. The second-order valence-electron chi connectivity index (χ2n) is 6.65. The second kappa shape index (κ2) is 6.70. The fourth-order valence-electron chi connectivity index (χ4n) is 3.53. The summed E-state index contributed by atoms with van der Waals surface area (Å²) in [6.45, 7) is 6.71. The van der Waals surface area contributed by atoms with Crippen molar-refractivity contribution in [2.75, 3.05) is 14.1 Å². The Balaban J connectivity index is 2.74. The molecule has 0 N–H and O–H groups in total. The van der Waals surface area contributed by atoms with Crippen molar-refractivity contribution in [1.29, 1.82) is 0 Å². The van der Waals surface area contributed by atoms with E-state index in [4.69, 9.17) is 0 Å². The first-order valence-corrected chi connectivity index (χ1v) is 7.63. The standard InChI is InChI=1S/C16H31NO/c1-6-8-13(2)11-15(18)16(17(4)5)10-7-9-14(3)12-16/h13-14H,6-12H2,1-5H3. The summed E-state index contributed by atoms with van der Waals surface area (Å²) >= 11 is 0. The molecule has 1 saturated carbocycles. The molecule has 0 aliphatic heterocycles. The largest absolute Gasteiger partial charge is 0.298 e. The van der Waals surface area contributed by atoms with E-state index in [9.17, 15) is 4.79 Å². The molecule has 18 heavy (non-hydrogen) atoms. The van der Waals surface area contributed by atoms with Crippen LogP contribution in [-0.2, 0) is 4.79 Å². The summed E-state index contributed by atoms with van der Waals surface area (Å²) in [4.78, 5) is 14.9. The summed E-state index contributed by atoms with van der Waals surface area (Å²) in [6, 6.07) is 0. The summed E-state index contributed by atoms with van der Waals surface area (Å²) in [5, 5.41) is 0. The van der Waals surface area contributed by atoms with Gasteiger partial charge in [0.2, 0.25) is 0 Å². The van der Waals surface area contributed by atoms with Gasteiger partial charge < -0.3 is 0 Å². The van der Waals surface area contributed by atoms with Crippen molar-refractivity contribution >= 4 is 5.78 Å². The molecular formula is C16H31NO. The minimum absolute atomic E-state index is 0.167. The van der Waals surface area contributed by atoms with Gasteiger partial charge in [-0.25, -0.2) is 0 Å². The summed E-state index contributed by atoms with van der Waals surface area (Å²) in [6.07, 6.45) is 7.71. The summed E-state index contributed by atoms with van der Waals surface area (Å²) in [5.74, 6) is 1.71. The van der Waals surface area contributed by atoms with Gasteiger partial charge in [0.15, 0.2) is 5.78 Å². The molecule has 1 rings (SSSR count). The molecule has 1 fully saturated rings. The van der Waals surface area contributed by atoms with Gasteiger partial charge in [0.25, 0.3) is 0 Å². The highest BCUT2D eigenvalue weighted by Gasteiger charge is 2.43.